The molecule has 3 aromatic carbocycles. The average molecular weight is 505 g/mol. The third-order valence-electron chi connectivity index (χ3n) is 6.57. The molecule has 194 valence electrons. The first kappa shape index (κ1) is 25.9. The Morgan fingerprint density at radius 3 is 2.11 bits per heavy atom. The molecule has 1 aliphatic heterocycles. The third kappa shape index (κ3) is 4.91. The zero-order valence-electron chi connectivity index (χ0n) is 21.7. The van der Waals surface area contributed by atoms with Crippen LogP contribution >= 0.6 is 0 Å². The van der Waals surface area contributed by atoms with Crippen LogP contribution in [0, 0.1) is 0 Å². The van der Waals surface area contributed by atoms with Crippen LogP contribution in [0.2, 0.25) is 0 Å². The maximum atomic E-state index is 14.0. The molecule has 0 fully saturated rings. The Hall–Kier alpha value is -4.20. The second-order valence-corrected chi connectivity index (χ2v) is 8.68. The van der Waals surface area contributed by atoms with Gasteiger partial charge in [0.2, 0.25) is 11.7 Å². The van der Waals surface area contributed by atoms with Gasteiger partial charge in [-0.1, -0.05) is 25.1 Å². The molecular weight excluding hydrogens is 472 g/mol. The summed E-state index contributed by atoms with van der Waals surface area (Å²) < 4.78 is 21.9. The Morgan fingerprint density at radius 2 is 1.54 bits per heavy atom. The third-order valence-corrected chi connectivity index (χ3v) is 6.57. The van der Waals surface area contributed by atoms with E-state index >= 15 is 0 Å². The van der Waals surface area contributed by atoms with Crippen molar-refractivity contribution < 1.29 is 28.5 Å². The second-order valence-electron chi connectivity index (χ2n) is 8.68. The van der Waals surface area contributed by atoms with Crippen molar-refractivity contribution >= 4 is 17.5 Å². The summed E-state index contributed by atoms with van der Waals surface area (Å²) in [4.78, 5) is 29.5. The van der Waals surface area contributed by atoms with Gasteiger partial charge in [0.05, 0.1) is 40.4 Å². The number of amides is 2. The average Bonchev–Trinajstić information content (AvgIpc) is 2.93. The van der Waals surface area contributed by atoms with Crippen molar-refractivity contribution in [3.05, 3.63) is 77.4 Å². The van der Waals surface area contributed by atoms with E-state index in [2.05, 4.69) is 5.32 Å². The normalized spacial score (nSPS) is 16.6. The van der Waals surface area contributed by atoms with Gasteiger partial charge in [0.15, 0.2) is 11.5 Å². The standard InChI is InChI=1S/C29H32N2O6/c1-6-15-31-26(18-16-23(35-3)27(37-5)24(17-18)36-4)25(21-9-7-8-10-22(21)29(31)33)28(32)30-19-11-13-20(34-2)14-12-19/h7-14,16-17,25-26H,6,15H2,1-5H3,(H,30,32)/t25-,26+/m0/s1. The molecule has 0 radical (unpaired) electrons. The Labute approximate surface area is 217 Å². The minimum Gasteiger partial charge on any atom is -0.497 e. The molecule has 8 nitrogen and oxygen atoms in total. The molecule has 0 aliphatic carbocycles. The number of rotatable bonds is 9. The number of ether oxygens (including phenoxy) is 4. The first-order valence-electron chi connectivity index (χ1n) is 12.1. The monoisotopic (exact) mass is 504 g/mol. The molecule has 2 atom stereocenters. The lowest BCUT2D eigenvalue weighted by atomic mass is 9.78. The van der Waals surface area contributed by atoms with Gasteiger partial charge in [0.25, 0.3) is 5.91 Å². The Morgan fingerprint density at radius 1 is 0.892 bits per heavy atom. The van der Waals surface area contributed by atoms with Crippen molar-refractivity contribution in [2.24, 2.45) is 0 Å². The van der Waals surface area contributed by atoms with Crippen LogP contribution in [-0.2, 0) is 4.79 Å². The predicted molar refractivity (Wildman–Crippen MR) is 141 cm³/mol. The first-order valence-corrected chi connectivity index (χ1v) is 12.1. The van der Waals surface area contributed by atoms with Gasteiger partial charge in [-0.25, -0.2) is 0 Å². The molecule has 0 saturated carbocycles. The van der Waals surface area contributed by atoms with Gasteiger partial charge in [-0.3, -0.25) is 9.59 Å². The number of nitrogens with one attached hydrogen (secondary N) is 1. The van der Waals surface area contributed by atoms with Crippen molar-refractivity contribution in [1.82, 2.24) is 4.90 Å². The molecule has 0 aromatic heterocycles. The topological polar surface area (TPSA) is 86.3 Å². The fourth-order valence-electron chi connectivity index (χ4n) is 4.90. The molecule has 1 N–H and O–H groups in total. The van der Waals surface area contributed by atoms with Crippen molar-refractivity contribution in [1.29, 1.82) is 0 Å². The molecule has 8 heteroatoms. The largest absolute Gasteiger partial charge is 0.497 e. The Kier molecular flexibility index (Phi) is 7.86. The first-order chi connectivity index (χ1) is 18.0. The van der Waals surface area contributed by atoms with Gasteiger partial charge in [-0.05, 0) is 60.0 Å². The molecule has 4 rings (SSSR count). The fraction of sp³-hybridized carbons (Fsp3) is 0.310. The van der Waals surface area contributed by atoms with Crippen LogP contribution < -0.4 is 24.3 Å². The number of nitrogens with zero attached hydrogens (tertiary/aromatic N) is 1. The van der Waals surface area contributed by atoms with Gasteiger partial charge >= 0.3 is 0 Å². The molecule has 2 amide bonds. The summed E-state index contributed by atoms with van der Waals surface area (Å²) in [6, 6.07) is 17.5. The minimum atomic E-state index is -0.689. The second kappa shape index (κ2) is 11.2. The molecule has 1 heterocycles. The molecule has 0 saturated heterocycles. The van der Waals surface area contributed by atoms with Gasteiger partial charge < -0.3 is 29.2 Å². The smallest absolute Gasteiger partial charge is 0.254 e. The van der Waals surface area contributed by atoms with Crippen LogP contribution in [0.1, 0.15) is 46.8 Å². The van der Waals surface area contributed by atoms with Crippen molar-refractivity contribution in [2.75, 3.05) is 40.3 Å². The number of hydrogen-bond donors (Lipinski definition) is 1. The summed E-state index contributed by atoms with van der Waals surface area (Å²) in [6.45, 7) is 2.48. The van der Waals surface area contributed by atoms with E-state index in [0.717, 1.165) is 6.42 Å². The van der Waals surface area contributed by atoms with E-state index in [0.29, 0.717) is 51.9 Å². The quantitative estimate of drug-likeness (QED) is 0.439. The minimum absolute atomic E-state index is 0.121. The van der Waals surface area contributed by atoms with Gasteiger partial charge in [-0.2, -0.15) is 0 Å². The highest BCUT2D eigenvalue weighted by Gasteiger charge is 2.44. The summed E-state index contributed by atoms with van der Waals surface area (Å²) in [5, 5.41) is 3.04. The van der Waals surface area contributed by atoms with Gasteiger partial charge in [0.1, 0.15) is 5.75 Å². The van der Waals surface area contributed by atoms with Crippen LogP contribution in [0.3, 0.4) is 0 Å². The molecular formula is C29H32N2O6. The maximum Gasteiger partial charge on any atom is 0.254 e. The van der Waals surface area contributed by atoms with E-state index in [4.69, 9.17) is 18.9 Å². The number of methoxy groups -OCH3 is 4. The summed E-state index contributed by atoms with van der Waals surface area (Å²) in [6.07, 6.45) is 0.724. The van der Waals surface area contributed by atoms with Crippen LogP contribution in [0.25, 0.3) is 0 Å². The fourth-order valence-corrected chi connectivity index (χ4v) is 4.90. The zero-order chi connectivity index (χ0) is 26.5. The molecule has 0 bridgehead atoms. The van der Waals surface area contributed by atoms with E-state index in [1.807, 2.05) is 37.3 Å². The predicted octanol–water partition coefficient (Wildman–Crippen LogP) is 5.05. The van der Waals surface area contributed by atoms with Gasteiger partial charge in [-0.15, -0.1) is 0 Å². The molecule has 37 heavy (non-hydrogen) atoms. The van der Waals surface area contributed by atoms with Crippen LogP contribution in [0.15, 0.2) is 60.7 Å². The lowest BCUT2D eigenvalue weighted by Crippen LogP contribution is -2.46. The highest BCUT2D eigenvalue weighted by Crippen LogP contribution is 2.47. The van der Waals surface area contributed by atoms with E-state index in [-0.39, 0.29) is 11.8 Å². The van der Waals surface area contributed by atoms with Crippen LogP contribution in [0.4, 0.5) is 5.69 Å². The molecule has 0 unspecified atom stereocenters. The SMILES string of the molecule is CCCN1C(=O)c2ccccc2[C@H](C(=O)Nc2ccc(OC)cc2)[C@H]1c1cc(OC)c(OC)c(OC)c1. The Bertz CT molecular complexity index is 1250. The zero-order valence-corrected chi connectivity index (χ0v) is 21.7. The Balaban J connectivity index is 1.88. The highest BCUT2D eigenvalue weighted by molar-refractivity contribution is 6.04. The van der Waals surface area contributed by atoms with Crippen LogP contribution in [0.5, 0.6) is 23.0 Å². The number of fused-ring (bicyclic) bond motifs is 1. The molecule has 3 aromatic rings. The van der Waals surface area contributed by atoms with Crippen LogP contribution in [-0.4, -0.2) is 51.7 Å². The number of carbonyl (C=O) groups is 2. The highest BCUT2D eigenvalue weighted by atomic mass is 16.5. The van der Waals surface area contributed by atoms with E-state index < -0.39 is 12.0 Å². The number of benzene rings is 3. The number of carbonyl (C=O) groups excluding carboxylic acids is 2. The maximum absolute atomic E-state index is 14.0. The lowest BCUT2D eigenvalue weighted by Gasteiger charge is -2.42. The number of hydrogen-bond acceptors (Lipinski definition) is 6. The summed E-state index contributed by atoms with van der Waals surface area (Å²) in [7, 11) is 6.21. The lowest BCUT2D eigenvalue weighted by molar-refractivity contribution is -0.119. The van der Waals surface area contributed by atoms with Crippen molar-refractivity contribution in [3.63, 3.8) is 0 Å². The molecule has 0 spiro atoms. The molecule has 1 aliphatic rings. The summed E-state index contributed by atoms with van der Waals surface area (Å²) >= 11 is 0. The van der Waals surface area contributed by atoms with E-state index in [9.17, 15) is 9.59 Å². The van der Waals surface area contributed by atoms with Crippen molar-refractivity contribution in [3.8, 4) is 23.0 Å². The van der Waals surface area contributed by atoms with E-state index in [1.165, 1.54) is 7.11 Å². The summed E-state index contributed by atoms with van der Waals surface area (Å²) in [5.41, 5.74) is 2.53. The number of anilines is 1. The van der Waals surface area contributed by atoms with Crippen molar-refractivity contribution in [2.45, 2.75) is 25.3 Å². The van der Waals surface area contributed by atoms with Gasteiger partial charge in [0, 0.05) is 17.8 Å². The van der Waals surface area contributed by atoms with E-state index in [1.54, 1.807) is 56.6 Å². The summed E-state index contributed by atoms with van der Waals surface area (Å²) in [5.74, 6) is 0.997.